The molecule has 0 aliphatic heterocycles. The van der Waals surface area contributed by atoms with Gasteiger partial charge in [0.2, 0.25) is 5.91 Å². The maximum Gasteiger partial charge on any atom is 0.416 e. The molecule has 0 unspecified atom stereocenters. The molecule has 1 aliphatic carbocycles. The van der Waals surface area contributed by atoms with Gasteiger partial charge < -0.3 is 5.32 Å². The topological polar surface area (TPSA) is 42.0 Å². The number of hydrogen-bond acceptors (Lipinski definition) is 3. The molecule has 0 spiro atoms. The summed E-state index contributed by atoms with van der Waals surface area (Å²) >= 11 is 1.33. The van der Waals surface area contributed by atoms with Gasteiger partial charge in [0.15, 0.2) is 0 Å². The van der Waals surface area contributed by atoms with Crippen molar-refractivity contribution in [2.75, 3.05) is 0 Å². The van der Waals surface area contributed by atoms with E-state index in [0.717, 1.165) is 37.8 Å². The molecule has 1 N–H and O–H groups in total. The first kappa shape index (κ1) is 17.9. The smallest absolute Gasteiger partial charge is 0.353 e. The Hall–Kier alpha value is -1.89. The van der Waals surface area contributed by atoms with Crippen molar-refractivity contribution in [3.63, 3.8) is 0 Å². The van der Waals surface area contributed by atoms with Crippen LogP contribution in [0.25, 0.3) is 10.6 Å². The first-order valence-corrected chi connectivity index (χ1v) is 9.21. The fraction of sp³-hybridized carbons (Fsp3) is 0.444. The molecular weight excluding hydrogens is 349 g/mol. The molecule has 1 saturated carbocycles. The van der Waals surface area contributed by atoms with Crippen molar-refractivity contribution in [2.45, 2.75) is 50.7 Å². The summed E-state index contributed by atoms with van der Waals surface area (Å²) in [6.45, 7) is 0. The maximum atomic E-state index is 12.6. The highest BCUT2D eigenvalue weighted by atomic mass is 32.1. The predicted molar refractivity (Wildman–Crippen MR) is 91.3 cm³/mol. The van der Waals surface area contributed by atoms with Gasteiger partial charge in [0.25, 0.3) is 0 Å². The molecule has 0 saturated heterocycles. The van der Waals surface area contributed by atoms with E-state index in [4.69, 9.17) is 0 Å². The van der Waals surface area contributed by atoms with Gasteiger partial charge in [0.05, 0.1) is 17.7 Å². The third kappa shape index (κ3) is 4.81. The standard InChI is InChI=1S/C18H19F3N2OS/c19-18(20,21)13-8-6-12(7-9-13)17-23-15(11-25-17)10-16(24)22-14-4-2-1-3-5-14/h6-9,11,14H,1-5,10H2,(H,22,24). The molecule has 134 valence electrons. The summed E-state index contributed by atoms with van der Waals surface area (Å²) in [5.41, 5.74) is 0.588. The largest absolute Gasteiger partial charge is 0.416 e. The molecule has 1 heterocycles. The number of carbonyl (C=O) groups excluding carboxylic acids is 1. The van der Waals surface area contributed by atoms with Gasteiger partial charge in [-0.1, -0.05) is 31.4 Å². The Morgan fingerprint density at radius 3 is 2.48 bits per heavy atom. The molecule has 1 amide bonds. The number of amides is 1. The van der Waals surface area contributed by atoms with E-state index >= 15 is 0 Å². The van der Waals surface area contributed by atoms with Crippen molar-refractivity contribution in [1.29, 1.82) is 0 Å². The zero-order valence-electron chi connectivity index (χ0n) is 13.6. The van der Waals surface area contributed by atoms with Crippen LogP contribution in [0.2, 0.25) is 0 Å². The summed E-state index contributed by atoms with van der Waals surface area (Å²) in [5.74, 6) is -0.0452. The number of alkyl halides is 3. The second-order valence-corrected chi connectivity index (χ2v) is 7.16. The number of thiazole rings is 1. The number of hydrogen-bond donors (Lipinski definition) is 1. The number of nitrogens with one attached hydrogen (secondary N) is 1. The number of benzene rings is 1. The molecule has 1 aromatic heterocycles. The fourth-order valence-corrected chi connectivity index (χ4v) is 3.84. The Bertz CT molecular complexity index is 719. The molecule has 25 heavy (non-hydrogen) atoms. The lowest BCUT2D eigenvalue weighted by molar-refractivity contribution is -0.137. The van der Waals surface area contributed by atoms with Gasteiger partial charge in [-0.25, -0.2) is 4.98 Å². The lowest BCUT2D eigenvalue weighted by atomic mass is 9.95. The summed E-state index contributed by atoms with van der Waals surface area (Å²) in [7, 11) is 0. The van der Waals surface area contributed by atoms with Crippen LogP contribution >= 0.6 is 11.3 Å². The third-order valence-corrected chi connectivity index (χ3v) is 5.26. The molecule has 0 bridgehead atoms. The quantitative estimate of drug-likeness (QED) is 0.841. The Labute approximate surface area is 148 Å². The summed E-state index contributed by atoms with van der Waals surface area (Å²) in [6, 6.07) is 5.17. The van der Waals surface area contributed by atoms with Gasteiger partial charge in [-0.15, -0.1) is 11.3 Å². The number of carbonyl (C=O) groups is 1. The van der Waals surface area contributed by atoms with Crippen LogP contribution in [0, 0.1) is 0 Å². The van der Waals surface area contributed by atoms with E-state index < -0.39 is 11.7 Å². The van der Waals surface area contributed by atoms with Crippen LogP contribution in [0.1, 0.15) is 43.4 Å². The molecule has 1 aliphatic rings. The van der Waals surface area contributed by atoms with Crippen molar-refractivity contribution in [3.05, 3.63) is 40.9 Å². The van der Waals surface area contributed by atoms with Crippen molar-refractivity contribution in [1.82, 2.24) is 10.3 Å². The Morgan fingerprint density at radius 2 is 1.84 bits per heavy atom. The molecule has 1 fully saturated rings. The van der Waals surface area contributed by atoms with Crippen LogP contribution in [-0.2, 0) is 17.4 Å². The van der Waals surface area contributed by atoms with Gasteiger partial charge in [0.1, 0.15) is 5.01 Å². The summed E-state index contributed by atoms with van der Waals surface area (Å²) in [5, 5.41) is 5.45. The van der Waals surface area contributed by atoms with E-state index in [1.54, 1.807) is 5.38 Å². The molecule has 2 aromatic rings. The second kappa shape index (κ2) is 7.56. The van der Waals surface area contributed by atoms with Gasteiger partial charge in [-0.3, -0.25) is 4.79 Å². The zero-order chi connectivity index (χ0) is 17.9. The van der Waals surface area contributed by atoms with Gasteiger partial charge >= 0.3 is 6.18 Å². The van der Waals surface area contributed by atoms with Gasteiger partial charge in [0, 0.05) is 17.0 Å². The van der Waals surface area contributed by atoms with Crippen LogP contribution in [0.15, 0.2) is 29.6 Å². The van der Waals surface area contributed by atoms with E-state index in [1.807, 2.05) is 0 Å². The Balaban J connectivity index is 1.61. The average molecular weight is 368 g/mol. The maximum absolute atomic E-state index is 12.6. The molecule has 1 aromatic carbocycles. The van der Waals surface area contributed by atoms with Crippen molar-refractivity contribution in [3.8, 4) is 10.6 Å². The van der Waals surface area contributed by atoms with Crippen LogP contribution in [0.3, 0.4) is 0 Å². The summed E-state index contributed by atoms with van der Waals surface area (Å²) in [6.07, 6.45) is 1.45. The first-order chi connectivity index (χ1) is 11.9. The van der Waals surface area contributed by atoms with Crippen LogP contribution in [0.5, 0.6) is 0 Å². The van der Waals surface area contributed by atoms with Crippen molar-refractivity contribution in [2.24, 2.45) is 0 Å². The molecular formula is C18H19F3N2OS. The van der Waals surface area contributed by atoms with Crippen molar-refractivity contribution < 1.29 is 18.0 Å². The normalized spacial score (nSPS) is 16.0. The summed E-state index contributed by atoms with van der Waals surface area (Å²) < 4.78 is 37.8. The molecule has 3 rings (SSSR count). The highest BCUT2D eigenvalue weighted by Crippen LogP contribution is 2.31. The number of aromatic nitrogens is 1. The Morgan fingerprint density at radius 1 is 1.16 bits per heavy atom. The lowest BCUT2D eigenvalue weighted by Crippen LogP contribution is -2.37. The monoisotopic (exact) mass is 368 g/mol. The van der Waals surface area contributed by atoms with Gasteiger partial charge in [-0.2, -0.15) is 13.2 Å². The molecule has 3 nitrogen and oxygen atoms in total. The third-order valence-electron chi connectivity index (χ3n) is 4.32. The van der Waals surface area contributed by atoms with E-state index in [2.05, 4.69) is 10.3 Å². The highest BCUT2D eigenvalue weighted by Gasteiger charge is 2.30. The number of rotatable bonds is 4. The van der Waals surface area contributed by atoms with E-state index in [0.29, 0.717) is 16.3 Å². The second-order valence-electron chi connectivity index (χ2n) is 6.30. The Kier molecular flexibility index (Phi) is 5.42. The van der Waals surface area contributed by atoms with Gasteiger partial charge in [-0.05, 0) is 25.0 Å². The van der Waals surface area contributed by atoms with E-state index in [1.165, 1.54) is 29.9 Å². The summed E-state index contributed by atoms with van der Waals surface area (Å²) in [4.78, 5) is 16.5. The van der Waals surface area contributed by atoms with Crippen LogP contribution in [0.4, 0.5) is 13.2 Å². The molecule has 0 radical (unpaired) electrons. The minimum Gasteiger partial charge on any atom is -0.353 e. The van der Waals surface area contributed by atoms with Crippen LogP contribution < -0.4 is 5.32 Å². The lowest BCUT2D eigenvalue weighted by Gasteiger charge is -2.22. The number of nitrogens with zero attached hydrogens (tertiary/aromatic N) is 1. The highest BCUT2D eigenvalue weighted by molar-refractivity contribution is 7.13. The SMILES string of the molecule is O=C(Cc1csc(-c2ccc(C(F)(F)F)cc2)n1)NC1CCCCC1. The first-order valence-electron chi connectivity index (χ1n) is 8.33. The number of halogens is 3. The minimum absolute atomic E-state index is 0.0452. The van der Waals surface area contributed by atoms with E-state index in [-0.39, 0.29) is 18.4 Å². The zero-order valence-corrected chi connectivity index (χ0v) is 14.4. The van der Waals surface area contributed by atoms with Crippen LogP contribution in [-0.4, -0.2) is 16.9 Å². The fourth-order valence-electron chi connectivity index (χ4n) is 3.01. The molecule has 0 atom stereocenters. The minimum atomic E-state index is -4.34. The average Bonchev–Trinajstić information content (AvgIpc) is 3.03. The molecule has 7 heteroatoms. The predicted octanol–water partition coefficient (Wildman–Crippen LogP) is 4.82. The van der Waals surface area contributed by atoms with E-state index in [9.17, 15) is 18.0 Å². The van der Waals surface area contributed by atoms with Crippen molar-refractivity contribution >= 4 is 17.2 Å².